The van der Waals surface area contributed by atoms with Crippen molar-refractivity contribution in [3.63, 3.8) is 0 Å². The minimum absolute atomic E-state index is 0.00624. The molecule has 0 saturated carbocycles. The van der Waals surface area contributed by atoms with E-state index in [1.807, 2.05) is 30.3 Å². The van der Waals surface area contributed by atoms with Gasteiger partial charge in [-0.25, -0.2) is 4.79 Å². The second-order valence-electron chi connectivity index (χ2n) is 6.01. The van der Waals surface area contributed by atoms with Crippen LogP contribution < -0.4 is 5.63 Å². The highest BCUT2D eigenvalue weighted by Crippen LogP contribution is 2.33. The lowest BCUT2D eigenvalue weighted by Crippen LogP contribution is -2.29. The number of hydrogen-bond acceptors (Lipinski definition) is 6. The van der Waals surface area contributed by atoms with E-state index in [4.69, 9.17) is 4.42 Å². The van der Waals surface area contributed by atoms with E-state index in [2.05, 4.69) is 0 Å². The normalized spacial score (nSPS) is 11.3. The second kappa shape index (κ2) is 8.14. The Morgan fingerprint density at radius 2 is 1.65 bits per heavy atom. The number of aromatic hydroxyl groups is 1. The summed E-state index contributed by atoms with van der Waals surface area (Å²) in [7, 11) is 0. The third kappa shape index (κ3) is 3.77. The van der Waals surface area contributed by atoms with Gasteiger partial charge in [0, 0.05) is 31.1 Å². The summed E-state index contributed by atoms with van der Waals surface area (Å²) in [6.07, 6.45) is 0. The van der Waals surface area contributed by atoms with Crippen molar-refractivity contribution in [1.29, 1.82) is 0 Å². The Kier molecular flexibility index (Phi) is 5.68. The number of phenols is 1. The van der Waals surface area contributed by atoms with Crippen LogP contribution in [0.15, 0.2) is 57.7 Å². The summed E-state index contributed by atoms with van der Waals surface area (Å²) in [5.74, 6) is 0.00624. The van der Waals surface area contributed by atoms with Gasteiger partial charge in [-0.05, 0) is 23.3 Å². The smallest absolute Gasteiger partial charge is 0.336 e. The van der Waals surface area contributed by atoms with E-state index in [1.54, 1.807) is 17.0 Å². The van der Waals surface area contributed by atoms with E-state index in [0.717, 1.165) is 16.5 Å². The van der Waals surface area contributed by atoms with Gasteiger partial charge in [-0.15, -0.1) is 0 Å². The molecule has 0 radical (unpaired) electrons. The van der Waals surface area contributed by atoms with E-state index in [9.17, 15) is 20.1 Å². The van der Waals surface area contributed by atoms with Crippen molar-refractivity contribution in [3.05, 3.63) is 64.5 Å². The van der Waals surface area contributed by atoms with Crippen LogP contribution in [0.4, 0.5) is 0 Å². The molecule has 1 heterocycles. The zero-order valence-electron chi connectivity index (χ0n) is 14.3. The van der Waals surface area contributed by atoms with Gasteiger partial charge in [-0.1, -0.05) is 30.3 Å². The zero-order chi connectivity index (χ0) is 18.5. The molecule has 0 aliphatic rings. The number of rotatable bonds is 7. The van der Waals surface area contributed by atoms with Crippen LogP contribution in [0.1, 0.15) is 5.56 Å². The first kappa shape index (κ1) is 18.1. The van der Waals surface area contributed by atoms with Gasteiger partial charge in [0.25, 0.3) is 0 Å². The predicted octanol–water partition coefficient (Wildman–Crippen LogP) is 1.95. The molecule has 136 valence electrons. The van der Waals surface area contributed by atoms with Gasteiger partial charge >= 0.3 is 5.63 Å². The Balaban J connectivity index is 2.16. The number of nitrogens with zero attached hydrogens (tertiary/aromatic N) is 1. The van der Waals surface area contributed by atoms with Crippen molar-refractivity contribution in [2.45, 2.75) is 6.54 Å². The Labute approximate surface area is 150 Å². The molecule has 0 aliphatic carbocycles. The molecule has 3 rings (SSSR count). The largest absolute Gasteiger partial charge is 0.507 e. The van der Waals surface area contributed by atoms with Gasteiger partial charge in [-0.3, -0.25) is 4.90 Å². The summed E-state index contributed by atoms with van der Waals surface area (Å²) in [5, 5.41) is 29.5. The number of aliphatic hydroxyl groups excluding tert-OH is 2. The molecule has 0 saturated heterocycles. The first-order valence-corrected chi connectivity index (χ1v) is 8.42. The van der Waals surface area contributed by atoms with Crippen LogP contribution >= 0.6 is 0 Å². The summed E-state index contributed by atoms with van der Waals surface area (Å²) in [5.41, 5.74) is 1.88. The molecular weight excluding hydrogens is 334 g/mol. The van der Waals surface area contributed by atoms with Crippen LogP contribution in [-0.2, 0) is 6.54 Å². The molecule has 6 heteroatoms. The average molecular weight is 355 g/mol. The van der Waals surface area contributed by atoms with Crippen molar-refractivity contribution in [3.8, 4) is 16.9 Å². The molecule has 0 aliphatic heterocycles. The molecule has 2 aromatic carbocycles. The van der Waals surface area contributed by atoms with Crippen LogP contribution in [0.5, 0.6) is 5.75 Å². The maximum Gasteiger partial charge on any atom is 0.336 e. The Bertz CT molecular complexity index is 930. The molecule has 0 atom stereocenters. The third-order valence-corrected chi connectivity index (χ3v) is 4.29. The highest BCUT2D eigenvalue weighted by molar-refractivity contribution is 5.95. The Hall–Kier alpha value is -2.67. The van der Waals surface area contributed by atoms with E-state index in [0.29, 0.717) is 24.2 Å². The maximum atomic E-state index is 12.1. The minimum Gasteiger partial charge on any atom is -0.507 e. The van der Waals surface area contributed by atoms with Gasteiger partial charge in [-0.2, -0.15) is 0 Å². The van der Waals surface area contributed by atoms with Crippen LogP contribution in [0.25, 0.3) is 22.1 Å². The molecule has 1 aromatic heterocycles. The van der Waals surface area contributed by atoms with Gasteiger partial charge in [0.1, 0.15) is 11.3 Å². The fraction of sp³-hybridized carbons (Fsp3) is 0.250. The summed E-state index contributed by atoms with van der Waals surface area (Å²) < 4.78 is 5.43. The quantitative estimate of drug-likeness (QED) is 0.561. The number of aliphatic hydroxyl groups is 2. The van der Waals surface area contributed by atoms with Crippen LogP contribution in [0.3, 0.4) is 0 Å². The van der Waals surface area contributed by atoms with E-state index >= 15 is 0 Å². The second-order valence-corrected chi connectivity index (χ2v) is 6.01. The van der Waals surface area contributed by atoms with Gasteiger partial charge in [0.15, 0.2) is 0 Å². The fourth-order valence-electron chi connectivity index (χ4n) is 3.06. The van der Waals surface area contributed by atoms with Crippen molar-refractivity contribution in [2.75, 3.05) is 26.3 Å². The number of hydrogen-bond donors (Lipinski definition) is 3. The third-order valence-electron chi connectivity index (χ3n) is 4.29. The van der Waals surface area contributed by atoms with Crippen molar-refractivity contribution >= 4 is 11.0 Å². The lowest BCUT2D eigenvalue weighted by atomic mass is 9.99. The van der Waals surface area contributed by atoms with E-state index < -0.39 is 5.63 Å². The summed E-state index contributed by atoms with van der Waals surface area (Å²) in [6, 6.07) is 14.2. The molecule has 0 amide bonds. The van der Waals surface area contributed by atoms with Crippen molar-refractivity contribution in [2.24, 2.45) is 0 Å². The standard InChI is InChI=1S/C20H21NO5/c22-10-8-21(9-11-23)13-17-18(24)7-6-15-16(12-19(25)26-20(15)17)14-4-2-1-3-5-14/h1-7,12,22-24H,8-11,13H2. The first-order chi connectivity index (χ1) is 12.6. The van der Waals surface area contributed by atoms with Gasteiger partial charge in [0.2, 0.25) is 0 Å². The van der Waals surface area contributed by atoms with Crippen LogP contribution in [-0.4, -0.2) is 46.5 Å². The molecule has 26 heavy (non-hydrogen) atoms. The molecule has 0 bridgehead atoms. The topological polar surface area (TPSA) is 94.1 Å². The predicted molar refractivity (Wildman–Crippen MR) is 99.0 cm³/mol. The summed E-state index contributed by atoms with van der Waals surface area (Å²) in [6.45, 7) is 0.749. The molecule has 0 unspecified atom stereocenters. The Morgan fingerprint density at radius 1 is 0.962 bits per heavy atom. The molecule has 6 nitrogen and oxygen atoms in total. The average Bonchev–Trinajstić information content (AvgIpc) is 2.64. The van der Waals surface area contributed by atoms with Gasteiger partial charge < -0.3 is 19.7 Å². The Morgan fingerprint density at radius 3 is 2.31 bits per heavy atom. The maximum absolute atomic E-state index is 12.1. The number of benzene rings is 2. The number of phenolic OH excluding ortho intramolecular Hbond substituents is 1. The number of fused-ring (bicyclic) bond motifs is 1. The zero-order valence-corrected chi connectivity index (χ0v) is 14.3. The van der Waals surface area contributed by atoms with Gasteiger partial charge in [0.05, 0.1) is 18.8 Å². The van der Waals surface area contributed by atoms with E-state index in [-0.39, 0.29) is 25.5 Å². The highest BCUT2D eigenvalue weighted by atomic mass is 16.4. The molecule has 0 spiro atoms. The first-order valence-electron chi connectivity index (χ1n) is 8.42. The van der Waals surface area contributed by atoms with Crippen LogP contribution in [0.2, 0.25) is 0 Å². The molecular formula is C20H21NO5. The molecule has 3 N–H and O–H groups in total. The molecule has 3 aromatic rings. The minimum atomic E-state index is -0.501. The lowest BCUT2D eigenvalue weighted by Gasteiger charge is -2.21. The van der Waals surface area contributed by atoms with Crippen molar-refractivity contribution < 1.29 is 19.7 Å². The monoisotopic (exact) mass is 355 g/mol. The van der Waals surface area contributed by atoms with E-state index in [1.165, 1.54) is 6.07 Å². The lowest BCUT2D eigenvalue weighted by molar-refractivity contribution is 0.155. The highest BCUT2D eigenvalue weighted by Gasteiger charge is 2.17. The van der Waals surface area contributed by atoms with Crippen LogP contribution in [0, 0.1) is 0 Å². The van der Waals surface area contributed by atoms with Crippen molar-refractivity contribution in [1.82, 2.24) is 4.90 Å². The fourth-order valence-corrected chi connectivity index (χ4v) is 3.06. The SMILES string of the molecule is O=c1cc(-c2ccccc2)c2ccc(O)c(CN(CCO)CCO)c2o1. The summed E-state index contributed by atoms with van der Waals surface area (Å²) in [4.78, 5) is 13.9. The molecule has 0 fully saturated rings. The summed E-state index contributed by atoms with van der Waals surface area (Å²) >= 11 is 0.